The van der Waals surface area contributed by atoms with Crippen LogP contribution in [0.4, 0.5) is 0 Å². The van der Waals surface area contributed by atoms with Crippen molar-refractivity contribution in [3.05, 3.63) is 23.2 Å². The van der Waals surface area contributed by atoms with Crippen LogP contribution in [0, 0.1) is 0 Å². The van der Waals surface area contributed by atoms with Gasteiger partial charge in [-0.05, 0) is 24.6 Å². The summed E-state index contributed by atoms with van der Waals surface area (Å²) in [4.78, 5) is -0.135. The Bertz CT molecular complexity index is 521. The number of hydrogen-bond acceptors (Lipinski definition) is 5. The van der Waals surface area contributed by atoms with Gasteiger partial charge < -0.3 is 14.2 Å². The summed E-state index contributed by atoms with van der Waals surface area (Å²) in [5.41, 5.74) is 0. The molecule has 0 atom stereocenters. The topological polar surface area (TPSA) is 87.8 Å². The van der Waals surface area contributed by atoms with Crippen LogP contribution in [0.25, 0.3) is 0 Å². The Morgan fingerprint density at radius 2 is 1.95 bits per heavy atom. The predicted molar refractivity (Wildman–Crippen MR) is 75.6 cm³/mol. The second-order valence-electron chi connectivity index (χ2n) is 3.94. The monoisotopic (exact) mass is 323 g/mol. The predicted octanol–water partition coefficient (Wildman–Crippen LogP) is 1.42. The fourth-order valence-electron chi connectivity index (χ4n) is 1.44. The molecule has 0 aliphatic heterocycles. The van der Waals surface area contributed by atoms with Crippen molar-refractivity contribution in [3.63, 3.8) is 0 Å². The third-order valence-corrected chi connectivity index (χ3v) is 3.50. The van der Waals surface area contributed by atoms with E-state index in [-0.39, 0.29) is 22.3 Å². The van der Waals surface area contributed by atoms with Gasteiger partial charge in [0, 0.05) is 25.3 Å². The Labute approximate surface area is 123 Å². The van der Waals surface area contributed by atoms with Crippen LogP contribution in [0.1, 0.15) is 6.42 Å². The van der Waals surface area contributed by atoms with Gasteiger partial charge in [-0.15, -0.1) is 0 Å². The standard InChI is InChI=1S/C12H18ClNO5S/c1-17-5-2-6-18-7-8-19-11-4-3-10(13)9-12(11)20(14,15)16/h3-4,9H,2,5-8H2,1H3,(H2,14,15,16). The lowest BCUT2D eigenvalue weighted by Gasteiger charge is -2.10. The van der Waals surface area contributed by atoms with E-state index in [1.807, 2.05) is 0 Å². The van der Waals surface area contributed by atoms with Crippen molar-refractivity contribution >= 4 is 21.6 Å². The van der Waals surface area contributed by atoms with E-state index >= 15 is 0 Å². The summed E-state index contributed by atoms with van der Waals surface area (Å²) < 4.78 is 38.3. The van der Waals surface area contributed by atoms with Crippen LogP contribution in [-0.2, 0) is 19.5 Å². The lowest BCUT2D eigenvalue weighted by atomic mass is 10.3. The maximum Gasteiger partial charge on any atom is 0.241 e. The molecule has 0 heterocycles. The highest BCUT2D eigenvalue weighted by atomic mass is 35.5. The van der Waals surface area contributed by atoms with Gasteiger partial charge in [0.2, 0.25) is 10.0 Å². The van der Waals surface area contributed by atoms with Crippen molar-refractivity contribution in [1.82, 2.24) is 0 Å². The largest absolute Gasteiger partial charge is 0.490 e. The first-order valence-corrected chi connectivity index (χ1v) is 7.89. The van der Waals surface area contributed by atoms with Gasteiger partial charge >= 0.3 is 0 Å². The molecule has 0 aliphatic rings. The number of nitrogens with two attached hydrogens (primary N) is 1. The molecule has 20 heavy (non-hydrogen) atoms. The zero-order valence-corrected chi connectivity index (χ0v) is 12.7. The summed E-state index contributed by atoms with van der Waals surface area (Å²) in [6.07, 6.45) is 0.792. The summed E-state index contributed by atoms with van der Waals surface area (Å²) in [7, 11) is -2.25. The molecule has 0 amide bonds. The molecule has 0 aromatic heterocycles. The van der Waals surface area contributed by atoms with E-state index in [9.17, 15) is 8.42 Å². The number of halogens is 1. The van der Waals surface area contributed by atoms with Gasteiger partial charge in [-0.25, -0.2) is 13.6 Å². The maximum absolute atomic E-state index is 11.4. The normalized spacial score (nSPS) is 11.6. The third kappa shape index (κ3) is 6.06. The lowest BCUT2D eigenvalue weighted by molar-refractivity contribution is 0.0799. The first kappa shape index (κ1) is 17.2. The summed E-state index contributed by atoms with van der Waals surface area (Å²) in [6.45, 7) is 1.75. The van der Waals surface area contributed by atoms with Gasteiger partial charge in [0.25, 0.3) is 0 Å². The van der Waals surface area contributed by atoms with Gasteiger partial charge in [0.05, 0.1) is 6.61 Å². The first-order chi connectivity index (χ1) is 9.45. The number of ether oxygens (including phenoxy) is 3. The van der Waals surface area contributed by atoms with Crippen molar-refractivity contribution in [1.29, 1.82) is 0 Å². The number of primary sulfonamides is 1. The molecule has 2 N–H and O–H groups in total. The summed E-state index contributed by atoms with van der Waals surface area (Å²) in [5, 5.41) is 5.38. The Kier molecular flexibility index (Phi) is 7.25. The first-order valence-electron chi connectivity index (χ1n) is 5.97. The second kappa shape index (κ2) is 8.43. The number of methoxy groups -OCH3 is 1. The fraction of sp³-hybridized carbons (Fsp3) is 0.500. The Morgan fingerprint density at radius 1 is 1.20 bits per heavy atom. The van der Waals surface area contributed by atoms with Crippen molar-refractivity contribution in [2.24, 2.45) is 5.14 Å². The molecule has 0 saturated heterocycles. The van der Waals surface area contributed by atoms with E-state index in [2.05, 4.69) is 0 Å². The van der Waals surface area contributed by atoms with Crippen LogP contribution in [0.5, 0.6) is 5.75 Å². The molecule has 8 heteroatoms. The molecule has 0 saturated carbocycles. The minimum atomic E-state index is -3.88. The molecule has 114 valence electrons. The van der Waals surface area contributed by atoms with Gasteiger partial charge in [-0.1, -0.05) is 11.6 Å². The molecular weight excluding hydrogens is 306 g/mol. The van der Waals surface area contributed by atoms with Crippen molar-refractivity contribution in [3.8, 4) is 5.75 Å². The molecule has 0 aliphatic carbocycles. The minimum Gasteiger partial charge on any atom is -0.490 e. The van der Waals surface area contributed by atoms with Crippen LogP contribution < -0.4 is 9.88 Å². The molecule has 0 fully saturated rings. The number of rotatable bonds is 9. The molecule has 6 nitrogen and oxygen atoms in total. The molecule has 0 spiro atoms. The number of benzene rings is 1. The Morgan fingerprint density at radius 3 is 2.60 bits per heavy atom. The average Bonchev–Trinajstić information content (AvgIpc) is 2.38. The highest BCUT2D eigenvalue weighted by Crippen LogP contribution is 2.26. The van der Waals surface area contributed by atoms with Crippen LogP contribution >= 0.6 is 11.6 Å². The zero-order chi connectivity index (χ0) is 15.0. The Balaban J connectivity index is 2.48. The van der Waals surface area contributed by atoms with Gasteiger partial charge in [0.15, 0.2) is 0 Å². The summed E-state index contributed by atoms with van der Waals surface area (Å²) >= 11 is 5.74. The minimum absolute atomic E-state index is 0.135. The van der Waals surface area contributed by atoms with E-state index in [4.69, 9.17) is 31.0 Å². The smallest absolute Gasteiger partial charge is 0.241 e. The van der Waals surface area contributed by atoms with Gasteiger partial charge in [-0.2, -0.15) is 0 Å². The second-order valence-corrected chi connectivity index (χ2v) is 5.91. The molecular formula is C12H18ClNO5S. The van der Waals surface area contributed by atoms with Crippen LogP contribution in [0.15, 0.2) is 23.1 Å². The Hall–Kier alpha value is -0.860. The molecule has 1 aromatic carbocycles. The van der Waals surface area contributed by atoms with Crippen LogP contribution in [0.3, 0.4) is 0 Å². The van der Waals surface area contributed by atoms with Crippen molar-refractivity contribution in [2.75, 3.05) is 33.5 Å². The van der Waals surface area contributed by atoms with Crippen molar-refractivity contribution in [2.45, 2.75) is 11.3 Å². The molecule has 0 unspecified atom stereocenters. The fourth-order valence-corrected chi connectivity index (χ4v) is 2.38. The SMILES string of the molecule is COCCCOCCOc1ccc(Cl)cc1S(N)(=O)=O. The quantitative estimate of drug-likeness (QED) is 0.694. The number of sulfonamides is 1. The summed E-state index contributed by atoms with van der Waals surface area (Å²) in [6, 6.07) is 4.25. The zero-order valence-electron chi connectivity index (χ0n) is 11.2. The lowest BCUT2D eigenvalue weighted by Crippen LogP contribution is -2.15. The highest BCUT2D eigenvalue weighted by Gasteiger charge is 2.15. The molecule has 0 radical (unpaired) electrons. The summed E-state index contributed by atoms with van der Waals surface area (Å²) in [5.74, 6) is 0.164. The van der Waals surface area contributed by atoms with E-state index in [1.54, 1.807) is 7.11 Å². The van der Waals surface area contributed by atoms with E-state index in [0.717, 1.165) is 6.42 Å². The highest BCUT2D eigenvalue weighted by molar-refractivity contribution is 7.89. The van der Waals surface area contributed by atoms with E-state index in [1.165, 1.54) is 18.2 Å². The van der Waals surface area contributed by atoms with Crippen LogP contribution in [-0.4, -0.2) is 42.0 Å². The molecule has 0 bridgehead atoms. The average molecular weight is 324 g/mol. The van der Waals surface area contributed by atoms with Crippen molar-refractivity contribution < 1.29 is 22.6 Å². The van der Waals surface area contributed by atoms with Crippen LogP contribution in [0.2, 0.25) is 5.02 Å². The van der Waals surface area contributed by atoms with E-state index < -0.39 is 10.0 Å². The van der Waals surface area contributed by atoms with E-state index in [0.29, 0.717) is 19.8 Å². The molecule has 1 rings (SSSR count). The third-order valence-electron chi connectivity index (χ3n) is 2.33. The maximum atomic E-state index is 11.4. The van der Waals surface area contributed by atoms with Gasteiger partial charge in [0.1, 0.15) is 17.3 Å². The van der Waals surface area contributed by atoms with Gasteiger partial charge in [-0.3, -0.25) is 0 Å². The molecule has 1 aromatic rings. The number of hydrogen-bond donors (Lipinski definition) is 1.